The molecule has 0 saturated carbocycles. The van der Waals surface area contributed by atoms with Gasteiger partial charge in [0.2, 0.25) is 5.91 Å². The monoisotopic (exact) mass is 187 g/mol. The molecule has 1 rings (SSSR count). The second kappa shape index (κ2) is 4.34. The minimum atomic E-state index is -0.657. The first-order valence-electron chi connectivity index (χ1n) is 4.14. The van der Waals surface area contributed by atoms with Gasteiger partial charge in [-0.3, -0.25) is 9.59 Å². The highest BCUT2D eigenvalue weighted by Gasteiger charge is 2.27. The van der Waals surface area contributed by atoms with Crippen LogP contribution in [0.1, 0.15) is 13.3 Å². The summed E-state index contributed by atoms with van der Waals surface area (Å²) in [5.41, 5.74) is 0. The van der Waals surface area contributed by atoms with Crippen LogP contribution in [0.5, 0.6) is 0 Å². The highest BCUT2D eigenvalue weighted by molar-refractivity contribution is 5.96. The number of amides is 1. The van der Waals surface area contributed by atoms with E-state index >= 15 is 0 Å². The fraction of sp³-hybridized carbons (Fsp3) is 0.750. The molecule has 0 aromatic rings. The topological polar surface area (TPSA) is 75.6 Å². The number of ketones is 1. The molecular weight excluding hydrogens is 174 g/mol. The Hall–Kier alpha value is -0.940. The number of aliphatic hydroxyl groups excluding tert-OH is 1. The molecule has 5 heteroatoms. The molecule has 5 nitrogen and oxygen atoms in total. The molecule has 0 spiro atoms. The standard InChI is InChI=1S/C8H13NO4/c1-5(10)2-8(12)9-6-3-13-4-7(6)11/h6-7,11H,2-4H2,1H3,(H,9,12). The fourth-order valence-corrected chi connectivity index (χ4v) is 1.16. The number of carbonyl (C=O) groups excluding carboxylic acids is 2. The quantitative estimate of drug-likeness (QED) is 0.546. The van der Waals surface area contributed by atoms with Crippen LogP contribution in [0.4, 0.5) is 0 Å². The summed E-state index contributed by atoms with van der Waals surface area (Å²) in [5, 5.41) is 11.8. The van der Waals surface area contributed by atoms with E-state index in [-0.39, 0.29) is 30.8 Å². The van der Waals surface area contributed by atoms with Crippen molar-refractivity contribution in [3.63, 3.8) is 0 Å². The molecule has 1 aliphatic heterocycles. The Labute approximate surface area is 76.1 Å². The van der Waals surface area contributed by atoms with E-state index in [1.807, 2.05) is 0 Å². The Bertz CT molecular complexity index is 216. The third-order valence-corrected chi connectivity index (χ3v) is 1.81. The highest BCUT2D eigenvalue weighted by atomic mass is 16.5. The maximum Gasteiger partial charge on any atom is 0.227 e. The molecule has 0 bridgehead atoms. The van der Waals surface area contributed by atoms with E-state index in [0.717, 1.165) is 0 Å². The first-order valence-corrected chi connectivity index (χ1v) is 4.14. The summed E-state index contributed by atoms with van der Waals surface area (Å²) in [4.78, 5) is 21.6. The van der Waals surface area contributed by atoms with Gasteiger partial charge in [0.05, 0.1) is 31.8 Å². The van der Waals surface area contributed by atoms with Gasteiger partial charge in [-0.05, 0) is 6.92 Å². The van der Waals surface area contributed by atoms with Crippen molar-refractivity contribution in [3.05, 3.63) is 0 Å². The van der Waals surface area contributed by atoms with Crippen molar-refractivity contribution in [3.8, 4) is 0 Å². The Balaban J connectivity index is 2.31. The van der Waals surface area contributed by atoms with Crippen LogP contribution in [-0.4, -0.2) is 42.2 Å². The van der Waals surface area contributed by atoms with Gasteiger partial charge >= 0.3 is 0 Å². The van der Waals surface area contributed by atoms with Gasteiger partial charge in [0.15, 0.2) is 0 Å². The second-order valence-electron chi connectivity index (χ2n) is 3.16. The largest absolute Gasteiger partial charge is 0.388 e. The van der Waals surface area contributed by atoms with Gasteiger partial charge < -0.3 is 15.2 Å². The van der Waals surface area contributed by atoms with E-state index in [9.17, 15) is 14.7 Å². The molecule has 2 unspecified atom stereocenters. The van der Waals surface area contributed by atoms with Crippen LogP contribution in [0.3, 0.4) is 0 Å². The Morgan fingerprint density at radius 2 is 2.23 bits per heavy atom. The molecule has 1 heterocycles. The smallest absolute Gasteiger partial charge is 0.227 e. The lowest BCUT2D eigenvalue weighted by atomic mass is 10.2. The summed E-state index contributed by atoms with van der Waals surface area (Å²) < 4.78 is 4.93. The van der Waals surface area contributed by atoms with E-state index in [1.165, 1.54) is 6.92 Å². The number of nitrogens with one attached hydrogen (secondary N) is 1. The number of hydrogen-bond acceptors (Lipinski definition) is 4. The number of hydrogen-bond donors (Lipinski definition) is 2. The average molecular weight is 187 g/mol. The van der Waals surface area contributed by atoms with Gasteiger partial charge in [0, 0.05) is 0 Å². The van der Waals surface area contributed by atoms with Crippen LogP contribution < -0.4 is 5.32 Å². The van der Waals surface area contributed by atoms with Crippen LogP contribution in [0.15, 0.2) is 0 Å². The predicted molar refractivity (Wildman–Crippen MR) is 44.1 cm³/mol. The Morgan fingerprint density at radius 3 is 2.69 bits per heavy atom. The van der Waals surface area contributed by atoms with Crippen molar-refractivity contribution in [2.45, 2.75) is 25.5 Å². The van der Waals surface area contributed by atoms with Crippen molar-refractivity contribution in [1.82, 2.24) is 5.32 Å². The van der Waals surface area contributed by atoms with E-state index in [0.29, 0.717) is 6.61 Å². The van der Waals surface area contributed by atoms with E-state index in [2.05, 4.69) is 5.32 Å². The van der Waals surface area contributed by atoms with Crippen LogP contribution in [-0.2, 0) is 14.3 Å². The lowest BCUT2D eigenvalue weighted by Gasteiger charge is -2.13. The molecule has 0 aliphatic carbocycles. The molecule has 1 amide bonds. The SMILES string of the molecule is CC(=O)CC(=O)NC1COCC1O. The van der Waals surface area contributed by atoms with Gasteiger partial charge in [0.1, 0.15) is 5.78 Å². The molecule has 1 aliphatic rings. The molecule has 0 aromatic heterocycles. The number of carbonyl (C=O) groups is 2. The van der Waals surface area contributed by atoms with Crippen molar-refractivity contribution < 1.29 is 19.4 Å². The van der Waals surface area contributed by atoms with Gasteiger partial charge in [-0.1, -0.05) is 0 Å². The first kappa shape index (κ1) is 10.1. The minimum absolute atomic E-state index is 0.136. The van der Waals surface area contributed by atoms with Gasteiger partial charge in [-0.2, -0.15) is 0 Å². The number of rotatable bonds is 3. The molecule has 0 aromatic carbocycles. The van der Waals surface area contributed by atoms with E-state index in [4.69, 9.17) is 4.74 Å². The Kier molecular flexibility index (Phi) is 3.39. The second-order valence-corrected chi connectivity index (χ2v) is 3.16. The number of Topliss-reactive ketones (excluding diaryl/α,β-unsaturated/α-hetero) is 1. The van der Waals surface area contributed by atoms with E-state index < -0.39 is 6.10 Å². The average Bonchev–Trinajstić information content (AvgIpc) is 2.34. The van der Waals surface area contributed by atoms with Crippen LogP contribution in [0, 0.1) is 0 Å². The zero-order chi connectivity index (χ0) is 9.84. The maximum absolute atomic E-state index is 11.1. The number of aliphatic hydroxyl groups is 1. The third kappa shape index (κ3) is 3.12. The van der Waals surface area contributed by atoms with Crippen molar-refractivity contribution in [2.24, 2.45) is 0 Å². The molecule has 1 fully saturated rings. The first-order chi connectivity index (χ1) is 6.09. The zero-order valence-electron chi connectivity index (χ0n) is 7.45. The van der Waals surface area contributed by atoms with Crippen molar-refractivity contribution in [1.29, 1.82) is 0 Å². The molecular formula is C8H13NO4. The van der Waals surface area contributed by atoms with Crippen molar-refractivity contribution >= 4 is 11.7 Å². The van der Waals surface area contributed by atoms with Crippen LogP contribution in [0.25, 0.3) is 0 Å². The van der Waals surface area contributed by atoms with Crippen LogP contribution in [0.2, 0.25) is 0 Å². The molecule has 0 radical (unpaired) electrons. The van der Waals surface area contributed by atoms with Crippen molar-refractivity contribution in [2.75, 3.05) is 13.2 Å². The summed E-state index contributed by atoms with van der Waals surface area (Å²) in [6, 6.07) is -0.369. The van der Waals surface area contributed by atoms with Gasteiger partial charge in [0.25, 0.3) is 0 Å². The zero-order valence-corrected chi connectivity index (χ0v) is 7.45. The summed E-state index contributed by atoms with van der Waals surface area (Å²) in [5.74, 6) is -0.548. The summed E-state index contributed by atoms with van der Waals surface area (Å²) in [7, 11) is 0. The molecule has 74 valence electrons. The third-order valence-electron chi connectivity index (χ3n) is 1.81. The number of ether oxygens (including phenoxy) is 1. The molecule has 2 atom stereocenters. The fourth-order valence-electron chi connectivity index (χ4n) is 1.16. The lowest BCUT2D eigenvalue weighted by Crippen LogP contribution is -2.42. The summed E-state index contributed by atoms with van der Waals surface area (Å²) in [6.45, 7) is 1.90. The van der Waals surface area contributed by atoms with E-state index in [1.54, 1.807) is 0 Å². The predicted octanol–water partition coefficient (Wildman–Crippen LogP) is -1.16. The highest BCUT2D eigenvalue weighted by Crippen LogP contribution is 2.04. The normalized spacial score (nSPS) is 27.2. The summed E-state index contributed by atoms with van der Waals surface area (Å²) >= 11 is 0. The van der Waals surface area contributed by atoms with Crippen LogP contribution >= 0.6 is 0 Å². The molecule has 13 heavy (non-hydrogen) atoms. The Morgan fingerprint density at radius 1 is 1.54 bits per heavy atom. The maximum atomic E-state index is 11.1. The summed E-state index contributed by atoms with van der Waals surface area (Å²) in [6.07, 6.45) is -0.792. The minimum Gasteiger partial charge on any atom is -0.388 e. The van der Waals surface area contributed by atoms with Gasteiger partial charge in [-0.25, -0.2) is 0 Å². The lowest BCUT2D eigenvalue weighted by molar-refractivity contribution is -0.128. The molecule has 1 saturated heterocycles. The molecule has 2 N–H and O–H groups in total. The van der Waals surface area contributed by atoms with Gasteiger partial charge in [-0.15, -0.1) is 0 Å².